The molecule has 182 valence electrons. The van der Waals surface area contributed by atoms with Crippen LogP contribution >= 0.6 is 0 Å². The zero-order valence-electron chi connectivity index (χ0n) is 20.1. The van der Waals surface area contributed by atoms with E-state index in [0.29, 0.717) is 36.6 Å². The first-order valence-corrected chi connectivity index (χ1v) is 11.3. The van der Waals surface area contributed by atoms with Gasteiger partial charge in [-0.1, -0.05) is 48.6 Å². The van der Waals surface area contributed by atoms with Crippen LogP contribution in [0.5, 0.6) is 0 Å². The molecule has 0 N–H and O–H groups in total. The smallest absolute Gasteiger partial charge is 0.337 e. The van der Waals surface area contributed by atoms with Crippen LogP contribution in [0.3, 0.4) is 0 Å². The minimum atomic E-state index is -0.612. The fourth-order valence-corrected chi connectivity index (χ4v) is 3.38. The number of benzene rings is 2. The quantitative estimate of drug-likeness (QED) is 0.296. The SMILES string of the molecule is CCOC(=O)C(C)OCc1ccc(/C=C\Cn2cccc2C(=O)c2ccc(C(=O)OC)cc2)cc1. The Morgan fingerprint density at radius 2 is 1.66 bits per heavy atom. The summed E-state index contributed by atoms with van der Waals surface area (Å²) < 4.78 is 17.1. The molecular weight excluding hydrogens is 446 g/mol. The molecule has 0 aliphatic heterocycles. The highest BCUT2D eigenvalue weighted by Gasteiger charge is 2.15. The highest BCUT2D eigenvalue weighted by Crippen LogP contribution is 2.14. The van der Waals surface area contributed by atoms with E-state index in [-0.39, 0.29) is 11.8 Å². The second-order valence-corrected chi connectivity index (χ2v) is 7.79. The summed E-state index contributed by atoms with van der Waals surface area (Å²) in [6.45, 7) is 4.61. The van der Waals surface area contributed by atoms with Crippen molar-refractivity contribution in [2.24, 2.45) is 0 Å². The summed E-state index contributed by atoms with van der Waals surface area (Å²) in [5.74, 6) is -0.932. The zero-order chi connectivity index (χ0) is 25.2. The third kappa shape index (κ3) is 7.01. The summed E-state index contributed by atoms with van der Waals surface area (Å²) in [4.78, 5) is 36.2. The fourth-order valence-electron chi connectivity index (χ4n) is 3.38. The molecule has 35 heavy (non-hydrogen) atoms. The minimum Gasteiger partial charge on any atom is -0.465 e. The van der Waals surface area contributed by atoms with E-state index in [9.17, 15) is 14.4 Å². The first-order chi connectivity index (χ1) is 16.9. The molecule has 1 heterocycles. The zero-order valence-corrected chi connectivity index (χ0v) is 20.1. The average molecular weight is 476 g/mol. The van der Waals surface area contributed by atoms with Crippen molar-refractivity contribution in [3.63, 3.8) is 0 Å². The van der Waals surface area contributed by atoms with Crippen LogP contribution in [0.4, 0.5) is 0 Å². The van der Waals surface area contributed by atoms with E-state index in [0.717, 1.165) is 11.1 Å². The molecule has 7 heteroatoms. The number of ketones is 1. The van der Waals surface area contributed by atoms with Gasteiger partial charge in [0, 0.05) is 18.3 Å². The maximum Gasteiger partial charge on any atom is 0.337 e. The van der Waals surface area contributed by atoms with E-state index in [4.69, 9.17) is 14.2 Å². The molecule has 0 aliphatic carbocycles. The van der Waals surface area contributed by atoms with Gasteiger partial charge in [-0.15, -0.1) is 0 Å². The van der Waals surface area contributed by atoms with E-state index in [2.05, 4.69) is 0 Å². The number of hydrogen-bond acceptors (Lipinski definition) is 6. The van der Waals surface area contributed by atoms with Gasteiger partial charge in [0.15, 0.2) is 6.10 Å². The number of aromatic nitrogens is 1. The predicted molar refractivity (Wildman–Crippen MR) is 132 cm³/mol. The lowest BCUT2D eigenvalue weighted by Crippen LogP contribution is -2.23. The van der Waals surface area contributed by atoms with Gasteiger partial charge in [-0.25, -0.2) is 9.59 Å². The average Bonchev–Trinajstić information content (AvgIpc) is 3.35. The number of hydrogen-bond donors (Lipinski definition) is 0. The Labute approximate surface area is 204 Å². The number of ether oxygens (including phenoxy) is 3. The highest BCUT2D eigenvalue weighted by atomic mass is 16.6. The molecule has 0 bridgehead atoms. The van der Waals surface area contributed by atoms with Crippen LogP contribution in [0.25, 0.3) is 6.08 Å². The lowest BCUT2D eigenvalue weighted by molar-refractivity contribution is -0.156. The van der Waals surface area contributed by atoms with Crippen molar-refractivity contribution < 1.29 is 28.6 Å². The van der Waals surface area contributed by atoms with E-state index in [1.807, 2.05) is 53.2 Å². The largest absolute Gasteiger partial charge is 0.465 e. The number of allylic oxidation sites excluding steroid dienone is 1. The van der Waals surface area contributed by atoms with E-state index < -0.39 is 12.1 Å². The van der Waals surface area contributed by atoms with Crippen molar-refractivity contribution in [2.45, 2.75) is 33.1 Å². The lowest BCUT2D eigenvalue weighted by Gasteiger charge is -2.11. The normalized spacial score (nSPS) is 11.9. The summed E-state index contributed by atoms with van der Waals surface area (Å²) >= 11 is 0. The van der Waals surface area contributed by atoms with Crippen LogP contribution in [-0.2, 0) is 32.2 Å². The summed E-state index contributed by atoms with van der Waals surface area (Å²) in [6.07, 6.45) is 5.20. The van der Waals surface area contributed by atoms with Crippen molar-refractivity contribution in [1.82, 2.24) is 4.57 Å². The number of nitrogens with zero attached hydrogens (tertiary/aromatic N) is 1. The third-order valence-corrected chi connectivity index (χ3v) is 5.34. The summed E-state index contributed by atoms with van der Waals surface area (Å²) in [5, 5.41) is 0. The lowest BCUT2D eigenvalue weighted by atomic mass is 10.1. The molecule has 3 aromatic rings. The number of rotatable bonds is 11. The molecule has 3 rings (SSSR count). The summed E-state index contributed by atoms with van der Waals surface area (Å²) in [6, 6.07) is 17.8. The Bertz CT molecular complexity index is 1170. The predicted octanol–water partition coefficient (Wildman–Crippen LogP) is 4.69. The first kappa shape index (κ1) is 25.6. The second-order valence-electron chi connectivity index (χ2n) is 7.79. The van der Waals surface area contributed by atoms with Gasteiger partial charge in [0.1, 0.15) is 0 Å². The molecule has 2 aromatic carbocycles. The van der Waals surface area contributed by atoms with Crippen molar-refractivity contribution >= 4 is 23.8 Å². The second kappa shape index (κ2) is 12.5. The van der Waals surface area contributed by atoms with Gasteiger partial charge >= 0.3 is 11.9 Å². The molecule has 1 unspecified atom stereocenters. The number of methoxy groups -OCH3 is 1. The Kier molecular flexibility index (Phi) is 9.15. The molecule has 0 radical (unpaired) electrons. The standard InChI is InChI=1S/C28H29NO6/c1-4-34-27(31)20(2)35-19-22-11-9-21(10-12-22)7-5-17-29-18-6-8-25(29)26(30)23-13-15-24(16-14-23)28(32)33-3/h5-16,18,20H,4,17,19H2,1-3H3/b7-5-. The highest BCUT2D eigenvalue weighted by molar-refractivity contribution is 6.08. The topological polar surface area (TPSA) is 83.8 Å². The molecule has 0 saturated heterocycles. The van der Waals surface area contributed by atoms with Crippen LogP contribution in [0.15, 0.2) is 72.9 Å². The van der Waals surface area contributed by atoms with Crippen LogP contribution < -0.4 is 0 Å². The third-order valence-electron chi connectivity index (χ3n) is 5.34. The van der Waals surface area contributed by atoms with Crippen LogP contribution in [-0.4, -0.2) is 42.1 Å². The monoisotopic (exact) mass is 475 g/mol. The Hall–Kier alpha value is -3.97. The van der Waals surface area contributed by atoms with Crippen molar-refractivity contribution in [3.8, 4) is 0 Å². The van der Waals surface area contributed by atoms with E-state index >= 15 is 0 Å². The van der Waals surface area contributed by atoms with Gasteiger partial charge in [-0.05, 0) is 49.2 Å². The maximum absolute atomic E-state index is 12.9. The number of esters is 2. The Morgan fingerprint density at radius 1 is 0.971 bits per heavy atom. The molecule has 0 spiro atoms. The molecule has 0 amide bonds. The molecule has 1 atom stereocenters. The van der Waals surface area contributed by atoms with Crippen molar-refractivity contribution in [2.75, 3.05) is 13.7 Å². The van der Waals surface area contributed by atoms with Crippen LogP contribution in [0, 0.1) is 0 Å². The Balaban J connectivity index is 1.57. The molecule has 0 saturated carbocycles. The maximum atomic E-state index is 12.9. The van der Waals surface area contributed by atoms with Crippen LogP contribution in [0.1, 0.15) is 51.4 Å². The Morgan fingerprint density at radius 3 is 2.31 bits per heavy atom. The first-order valence-electron chi connectivity index (χ1n) is 11.3. The van der Waals surface area contributed by atoms with E-state index in [1.165, 1.54) is 7.11 Å². The van der Waals surface area contributed by atoms with Gasteiger partial charge in [0.2, 0.25) is 5.78 Å². The number of carbonyl (C=O) groups excluding carboxylic acids is 3. The van der Waals surface area contributed by atoms with Gasteiger partial charge in [0.05, 0.1) is 31.6 Å². The number of carbonyl (C=O) groups is 3. The van der Waals surface area contributed by atoms with Crippen LogP contribution in [0.2, 0.25) is 0 Å². The molecule has 0 fully saturated rings. The summed E-state index contributed by atoms with van der Waals surface area (Å²) in [5.41, 5.74) is 3.41. The summed E-state index contributed by atoms with van der Waals surface area (Å²) in [7, 11) is 1.32. The fraction of sp³-hybridized carbons (Fsp3) is 0.250. The van der Waals surface area contributed by atoms with Gasteiger partial charge in [-0.3, -0.25) is 4.79 Å². The van der Waals surface area contributed by atoms with Gasteiger partial charge < -0.3 is 18.8 Å². The minimum absolute atomic E-state index is 0.124. The van der Waals surface area contributed by atoms with Crippen molar-refractivity contribution in [3.05, 3.63) is 101 Å². The van der Waals surface area contributed by atoms with Gasteiger partial charge in [0.25, 0.3) is 0 Å². The molecule has 0 aliphatic rings. The molecule has 7 nitrogen and oxygen atoms in total. The molecule has 1 aromatic heterocycles. The molecular formula is C28H29NO6. The van der Waals surface area contributed by atoms with Gasteiger partial charge in [-0.2, -0.15) is 0 Å². The van der Waals surface area contributed by atoms with E-state index in [1.54, 1.807) is 44.2 Å². The van der Waals surface area contributed by atoms with Crippen molar-refractivity contribution in [1.29, 1.82) is 0 Å².